The van der Waals surface area contributed by atoms with Crippen molar-refractivity contribution in [2.45, 2.75) is 20.8 Å². The van der Waals surface area contributed by atoms with Crippen LogP contribution in [0.4, 0.5) is 5.69 Å². The molecule has 102 valence electrons. The average molecular weight is 266 g/mol. The lowest BCUT2D eigenvalue weighted by Gasteiger charge is -2.15. The number of nitrogens with one attached hydrogen (secondary N) is 1. The van der Waals surface area contributed by atoms with Gasteiger partial charge in [-0.3, -0.25) is 14.9 Å². The molecule has 0 heterocycles. The fourth-order valence-electron chi connectivity index (χ4n) is 1.07. The van der Waals surface area contributed by atoms with Gasteiger partial charge in [-0.15, -0.1) is 0 Å². The van der Waals surface area contributed by atoms with Crippen molar-refractivity contribution in [2.75, 3.05) is 0 Å². The Morgan fingerprint density at radius 1 is 1.32 bits per heavy atom. The maximum Gasteiger partial charge on any atom is 0.337 e. The fourth-order valence-corrected chi connectivity index (χ4v) is 1.07. The molecule has 0 aliphatic heterocycles. The Bertz CT molecular complexity index is 519. The summed E-state index contributed by atoms with van der Waals surface area (Å²) >= 11 is 0. The summed E-state index contributed by atoms with van der Waals surface area (Å²) in [5, 5.41) is 10.6. The standard InChI is InChI=1S/C12H14N2O5/c1-12(2,3)11(16)19-13-10(15)8-5-4-6-9(7-8)14(17)18/h4-7H,1-3H3,(H,13,15). The summed E-state index contributed by atoms with van der Waals surface area (Å²) in [5.41, 5.74) is 1.03. The Balaban J connectivity index is 2.72. The van der Waals surface area contributed by atoms with Gasteiger partial charge in [0, 0.05) is 17.7 Å². The maximum atomic E-state index is 11.6. The van der Waals surface area contributed by atoms with Crippen LogP contribution in [-0.2, 0) is 9.63 Å². The molecule has 0 spiro atoms. The van der Waals surface area contributed by atoms with Gasteiger partial charge < -0.3 is 4.84 Å². The molecule has 7 nitrogen and oxygen atoms in total. The molecule has 0 aliphatic carbocycles. The summed E-state index contributed by atoms with van der Waals surface area (Å²) in [6, 6.07) is 5.12. The minimum absolute atomic E-state index is 0.0379. The number of rotatable bonds is 2. The highest BCUT2D eigenvalue weighted by Crippen LogP contribution is 2.15. The molecule has 1 aromatic rings. The second-order valence-corrected chi connectivity index (χ2v) is 4.88. The molecule has 1 rings (SSSR count). The summed E-state index contributed by atoms with van der Waals surface area (Å²) < 4.78 is 0. The Labute approximate surface area is 109 Å². The van der Waals surface area contributed by atoms with Gasteiger partial charge in [-0.2, -0.15) is 5.48 Å². The van der Waals surface area contributed by atoms with Crippen LogP contribution in [0.1, 0.15) is 31.1 Å². The van der Waals surface area contributed by atoms with Gasteiger partial charge in [-0.05, 0) is 26.8 Å². The fraction of sp³-hybridized carbons (Fsp3) is 0.333. The van der Waals surface area contributed by atoms with E-state index in [0.29, 0.717) is 0 Å². The van der Waals surface area contributed by atoms with E-state index in [1.807, 2.05) is 5.48 Å². The molecular weight excluding hydrogens is 252 g/mol. The lowest BCUT2D eigenvalue weighted by Crippen LogP contribution is -2.33. The number of non-ortho nitro benzene ring substituents is 1. The monoisotopic (exact) mass is 266 g/mol. The molecule has 0 bridgehead atoms. The molecular formula is C12H14N2O5. The number of nitro groups is 1. The van der Waals surface area contributed by atoms with Crippen molar-refractivity contribution in [3.8, 4) is 0 Å². The summed E-state index contributed by atoms with van der Waals surface area (Å²) in [5.74, 6) is -1.33. The molecule has 0 radical (unpaired) electrons. The number of nitro benzene ring substituents is 1. The first-order valence-electron chi connectivity index (χ1n) is 5.48. The van der Waals surface area contributed by atoms with Gasteiger partial charge in [0.2, 0.25) is 0 Å². The van der Waals surface area contributed by atoms with E-state index in [1.54, 1.807) is 20.8 Å². The Hall–Kier alpha value is -2.44. The first-order chi connectivity index (χ1) is 8.71. The third-order valence-electron chi connectivity index (χ3n) is 2.17. The van der Waals surface area contributed by atoms with Gasteiger partial charge in [0.1, 0.15) is 0 Å². The van der Waals surface area contributed by atoms with Gasteiger partial charge in [-0.1, -0.05) is 6.07 Å². The largest absolute Gasteiger partial charge is 0.340 e. The van der Waals surface area contributed by atoms with Crippen LogP contribution in [0, 0.1) is 15.5 Å². The smallest absolute Gasteiger partial charge is 0.337 e. The predicted octanol–water partition coefficient (Wildman–Crippen LogP) is 1.83. The number of carbonyl (C=O) groups excluding carboxylic acids is 2. The minimum atomic E-state index is -0.754. The first-order valence-corrected chi connectivity index (χ1v) is 5.48. The zero-order valence-corrected chi connectivity index (χ0v) is 10.8. The van der Waals surface area contributed by atoms with Crippen molar-refractivity contribution in [1.29, 1.82) is 0 Å². The van der Waals surface area contributed by atoms with Crippen molar-refractivity contribution in [1.82, 2.24) is 5.48 Å². The molecule has 7 heteroatoms. The SMILES string of the molecule is CC(C)(C)C(=O)ONC(=O)c1cccc([N+](=O)[O-])c1. The van der Waals surface area contributed by atoms with Crippen LogP contribution in [0.15, 0.2) is 24.3 Å². The first kappa shape index (κ1) is 14.6. The number of hydroxylamine groups is 1. The van der Waals surface area contributed by atoms with E-state index >= 15 is 0 Å². The number of nitrogens with zero attached hydrogens (tertiary/aromatic N) is 1. The lowest BCUT2D eigenvalue weighted by molar-refractivity contribution is -0.384. The Morgan fingerprint density at radius 3 is 2.47 bits per heavy atom. The second kappa shape index (κ2) is 5.47. The summed E-state index contributed by atoms with van der Waals surface area (Å²) in [6.45, 7) is 4.90. The molecule has 1 amide bonds. The molecule has 0 unspecified atom stereocenters. The van der Waals surface area contributed by atoms with Gasteiger partial charge in [0.05, 0.1) is 10.3 Å². The Kier molecular flexibility index (Phi) is 4.21. The van der Waals surface area contributed by atoms with Gasteiger partial charge in [-0.25, -0.2) is 4.79 Å². The third kappa shape index (κ3) is 4.06. The Morgan fingerprint density at radius 2 is 1.95 bits per heavy atom. The van der Waals surface area contributed by atoms with Crippen LogP contribution in [0.5, 0.6) is 0 Å². The second-order valence-electron chi connectivity index (χ2n) is 4.88. The van der Waals surface area contributed by atoms with Crippen molar-refractivity contribution in [3.63, 3.8) is 0 Å². The number of hydrogen-bond acceptors (Lipinski definition) is 5. The van der Waals surface area contributed by atoms with E-state index in [0.717, 1.165) is 6.07 Å². The van der Waals surface area contributed by atoms with Crippen LogP contribution in [0.3, 0.4) is 0 Å². The van der Waals surface area contributed by atoms with E-state index in [9.17, 15) is 19.7 Å². The topological polar surface area (TPSA) is 98.5 Å². The summed E-state index contributed by atoms with van der Waals surface area (Å²) in [7, 11) is 0. The van der Waals surface area contributed by atoms with E-state index in [-0.39, 0.29) is 11.3 Å². The van der Waals surface area contributed by atoms with Gasteiger partial charge in [0.15, 0.2) is 0 Å². The summed E-state index contributed by atoms with van der Waals surface area (Å²) in [6.07, 6.45) is 0. The molecule has 1 aromatic carbocycles. The van der Waals surface area contributed by atoms with E-state index in [1.165, 1.54) is 18.2 Å². The predicted molar refractivity (Wildman–Crippen MR) is 66.1 cm³/mol. The number of hydrogen-bond donors (Lipinski definition) is 1. The molecule has 19 heavy (non-hydrogen) atoms. The van der Waals surface area contributed by atoms with Gasteiger partial charge >= 0.3 is 5.97 Å². The van der Waals surface area contributed by atoms with Crippen LogP contribution >= 0.6 is 0 Å². The number of benzene rings is 1. The average Bonchev–Trinajstić information content (AvgIpc) is 2.34. The molecule has 1 N–H and O–H groups in total. The van der Waals surface area contributed by atoms with Crippen LogP contribution < -0.4 is 5.48 Å². The number of amides is 1. The summed E-state index contributed by atoms with van der Waals surface area (Å²) in [4.78, 5) is 37.6. The highest BCUT2D eigenvalue weighted by Gasteiger charge is 2.24. The van der Waals surface area contributed by atoms with Crippen molar-refractivity contribution < 1.29 is 19.3 Å². The molecule has 0 fully saturated rings. The quantitative estimate of drug-likeness (QED) is 0.650. The lowest BCUT2D eigenvalue weighted by atomic mass is 9.98. The highest BCUT2D eigenvalue weighted by molar-refractivity contribution is 5.94. The van der Waals surface area contributed by atoms with E-state index in [2.05, 4.69) is 4.84 Å². The molecule has 0 saturated heterocycles. The van der Waals surface area contributed by atoms with Crippen molar-refractivity contribution >= 4 is 17.6 Å². The third-order valence-corrected chi connectivity index (χ3v) is 2.17. The minimum Gasteiger partial charge on any atom is -0.340 e. The van der Waals surface area contributed by atoms with E-state index < -0.39 is 22.2 Å². The number of carbonyl (C=O) groups is 2. The zero-order valence-electron chi connectivity index (χ0n) is 10.8. The van der Waals surface area contributed by atoms with Crippen LogP contribution in [0.2, 0.25) is 0 Å². The zero-order chi connectivity index (χ0) is 14.6. The van der Waals surface area contributed by atoms with Crippen molar-refractivity contribution in [2.24, 2.45) is 5.41 Å². The molecule has 0 aliphatic rings. The van der Waals surface area contributed by atoms with Crippen LogP contribution in [-0.4, -0.2) is 16.8 Å². The van der Waals surface area contributed by atoms with E-state index in [4.69, 9.17) is 0 Å². The molecule has 0 atom stereocenters. The normalized spacial score (nSPS) is 10.7. The molecule has 0 saturated carbocycles. The molecule has 0 aromatic heterocycles. The van der Waals surface area contributed by atoms with Crippen LogP contribution in [0.25, 0.3) is 0 Å². The maximum absolute atomic E-state index is 11.6. The highest BCUT2D eigenvalue weighted by atomic mass is 16.7. The van der Waals surface area contributed by atoms with Gasteiger partial charge in [0.25, 0.3) is 11.6 Å². The van der Waals surface area contributed by atoms with Crippen molar-refractivity contribution in [3.05, 3.63) is 39.9 Å².